The van der Waals surface area contributed by atoms with Crippen LogP contribution in [-0.4, -0.2) is 42.4 Å². The topological polar surface area (TPSA) is 75.4 Å². The molecule has 1 aliphatic heterocycles. The first-order valence-electron chi connectivity index (χ1n) is 8.75. The maximum absolute atomic E-state index is 13.1. The molecule has 5 nitrogen and oxygen atoms in total. The highest BCUT2D eigenvalue weighted by Gasteiger charge is 2.30. The van der Waals surface area contributed by atoms with Gasteiger partial charge in [0.1, 0.15) is 5.82 Å². The van der Waals surface area contributed by atoms with Crippen molar-refractivity contribution in [3.05, 3.63) is 35.6 Å². The molecule has 0 bridgehead atoms. The number of nitrogens with two attached hydrogens (primary N) is 1. The quantitative estimate of drug-likeness (QED) is 0.873. The maximum atomic E-state index is 13.1. The minimum absolute atomic E-state index is 0.00205. The van der Waals surface area contributed by atoms with Gasteiger partial charge in [0.2, 0.25) is 11.8 Å². The molecule has 138 valence electrons. The smallest absolute Gasteiger partial charge is 0.225 e. The normalized spacial score (nSPS) is 21.1. The summed E-state index contributed by atoms with van der Waals surface area (Å²) in [5.74, 6) is -0.193. The molecule has 0 saturated carbocycles. The minimum Gasteiger partial charge on any atom is -0.355 e. The summed E-state index contributed by atoms with van der Waals surface area (Å²) in [4.78, 5) is 25.9. The molecule has 2 atom stereocenters. The first-order valence-corrected chi connectivity index (χ1v) is 8.75. The van der Waals surface area contributed by atoms with Crippen LogP contribution in [0, 0.1) is 11.2 Å². The summed E-state index contributed by atoms with van der Waals surface area (Å²) in [5, 5.41) is 2.79. The van der Waals surface area contributed by atoms with Crippen molar-refractivity contribution >= 4 is 11.8 Å². The van der Waals surface area contributed by atoms with Crippen molar-refractivity contribution in [2.75, 3.05) is 19.6 Å². The Labute approximate surface area is 148 Å². The van der Waals surface area contributed by atoms with E-state index in [1.165, 1.54) is 12.1 Å². The second kappa shape index (κ2) is 7.95. The number of benzene rings is 1. The molecule has 1 aliphatic rings. The highest BCUT2D eigenvalue weighted by Crippen LogP contribution is 2.27. The van der Waals surface area contributed by atoms with Crippen LogP contribution in [0.1, 0.15) is 45.1 Å². The van der Waals surface area contributed by atoms with E-state index >= 15 is 0 Å². The van der Waals surface area contributed by atoms with Crippen LogP contribution in [0.4, 0.5) is 4.39 Å². The molecule has 0 aliphatic carbocycles. The third-order valence-electron chi connectivity index (χ3n) is 4.61. The number of hydrogen-bond acceptors (Lipinski definition) is 3. The maximum Gasteiger partial charge on any atom is 0.225 e. The van der Waals surface area contributed by atoms with Gasteiger partial charge in [-0.15, -0.1) is 0 Å². The lowest BCUT2D eigenvalue weighted by Crippen LogP contribution is -2.50. The van der Waals surface area contributed by atoms with Gasteiger partial charge in [0, 0.05) is 43.4 Å². The average molecular weight is 349 g/mol. The molecule has 2 amide bonds. The number of halogens is 1. The molecule has 0 radical (unpaired) electrons. The molecular weight excluding hydrogens is 321 g/mol. The predicted molar refractivity (Wildman–Crippen MR) is 95.4 cm³/mol. The van der Waals surface area contributed by atoms with E-state index in [4.69, 9.17) is 5.73 Å². The van der Waals surface area contributed by atoms with Gasteiger partial charge >= 0.3 is 0 Å². The zero-order chi connectivity index (χ0) is 18.6. The van der Waals surface area contributed by atoms with E-state index in [9.17, 15) is 14.0 Å². The van der Waals surface area contributed by atoms with Gasteiger partial charge in [0.15, 0.2) is 0 Å². The number of nitrogens with zero attached hydrogens (tertiary/aromatic N) is 1. The van der Waals surface area contributed by atoms with Crippen molar-refractivity contribution in [2.24, 2.45) is 11.1 Å². The molecule has 1 saturated heterocycles. The lowest BCUT2D eigenvalue weighted by atomic mass is 9.85. The molecule has 0 spiro atoms. The summed E-state index contributed by atoms with van der Waals surface area (Å²) in [6.45, 7) is 6.95. The fraction of sp³-hybridized carbons (Fsp3) is 0.579. The molecular formula is C19H28FN3O2. The van der Waals surface area contributed by atoms with Crippen LogP contribution in [0.5, 0.6) is 0 Å². The Bertz CT molecular complexity index is 610. The van der Waals surface area contributed by atoms with Gasteiger partial charge in [-0.2, -0.15) is 0 Å². The van der Waals surface area contributed by atoms with Crippen LogP contribution in [0.2, 0.25) is 0 Å². The number of piperidine rings is 1. The SMILES string of the molecule is CC(C)(C)C(=O)NCCC(=O)N1CC[C@H](c2ccc(F)cc2)[C@H](N)C1. The number of likely N-dealkylation sites (tertiary alicyclic amines) is 1. The van der Waals surface area contributed by atoms with Gasteiger partial charge in [-0.05, 0) is 24.1 Å². The van der Waals surface area contributed by atoms with Gasteiger partial charge in [-0.25, -0.2) is 4.39 Å². The number of rotatable bonds is 4. The third kappa shape index (κ3) is 5.26. The second-order valence-corrected chi connectivity index (χ2v) is 7.71. The molecule has 3 N–H and O–H groups in total. The number of amides is 2. The summed E-state index contributed by atoms with van der Waals surface area (Å²) in [6.07, 6.45) is 1.03. The van der Waals surface area contributed by atoms with Crippen LogP contribution < -0.4 is 11.1 Å². The van der Waals surface area contributed by atoms with Crippen LogP contribution in [0.15, 0.2) is 24.3 Å². The molecule has 0 unspecified atom stereocenters. The number of carbonyl (C=O) groups excluding carboxylic acids is 2. The van der Waals surface area contributed by atoms with Gasteiger partial charge in [0.05, 0.1) is 0 Å². The van der Waals surface area contributed by atoms with Crippen LogP contribution in [0.3, 0.4) is 0 Å². The third-order valence-corrected chi connectivity index (χ3v) is 4.61. The van der Waals surface area contributed by atoms with E-state index in [2.05, 4.69) is 5.32 Å². The summed E-state index contributed by atoms with van der Waals surface area (Å²) in [6, 6.07) is 6.24. The molecule has 0 aromatic heterocycles. The van der Waals surface area contributed by atoms with Crippen LogP contribution in [0.25, 0.3) is 0 Å². The average Bonchev–Trinajstić information content (AvgIpc) is 2.54. The van der Waals surface area contributed by atoms with E-state index in [1.54, 1.807) is 17.0 Å². The van der Waals surface area contributed by atoms with Crippen molar-refractivity contribution in [2.45, 2.75) is 45.6 Å². The summed E-state index contributed by atoms with van der Waals surface area (Å²) >= 11 is 0. The second-order valence-electron chi connectivity index (χ2n) is 7.71. The number of nitrogens with one attached hydrogen (secondary N) is 1. The Morgan fingerprint density at radius 3 is 2.48 bits per heavy atom. The molecule has 1 aromatic carbocycles. The zero-order valence-electron chi connectivity index (χ0n) is 15.2. The van der Waals surface area contributed by atoms with Gasteiger partial charge in [0.25, 0.3) is 0 Å². The largest absolute Gasteiger partial charge is 0.355 e. The highest BCUT2D eigenvalue weighted by molar-refractivity contribution is 5.82. The van der Waals surface area contributed by atoms with Crippen molar-refractivity contribution in [3.63, 3.8) is 0 Å². The van der Waals surface area contributed by atoms with Gasteiger partial charge in [-0.3, -0.25) is 9.59 Å². The molecule has 1 fully saturated rings. The van der Waals surface area contributed by atoms with E-state index in [-0.39, 0.29) is 36.0 Å². The number of hydrogen-bond donors (Lipinski definition) is 2. The first kappa shape index (κ1) is 19.4. The summed E-state index contributed by atoms with van der Waals surface area (Å²) in [7, 11) is 0. The van der Waals surface area contributed by atoms with Crippen molar-refractivity contribution in [1.29, 1.82) is 0 Å². The van der Waals surface area contributed by atoms with E-state index in [0.717, 1.165) is 12.0 Å². The Morgan fingerprint density at radius 1 is 1.28 bits per heavy atom. The predicted octanol–water partition coefficient (Wildman–Crippen LogP) is 2.02. The van der Waals surface area contributed by atoms with E-state index < -0.39 is 5.41 Å². The minimum atomic E-state index is -0.459. The van der Waals surface area contributed by atoms with Gasteiger partial charge < -0.3 is 16.0 Å². The Balaban J connectivity index is 1.82. The van der Waals surface area contributed by atoms with Crippen molar-refractivity contribution in [3.8, 4) is 0 Å². The van der Waals surface area contributed by atoms with Crippen LogP contribution >= 0.6 is 0 Å². The Hall–Kier alpha value is -1.95. The standard InChI is InChI=1S/C19H28FN3O2/c1-19(2,3)18(25)22-10-8-17(24)23-11-9-15(16(21)12-23)13-4-6-14(20)7-5-13/h4-7,15-16H,8-12,21H2,1-3H3,(H,22,25)/t15-,16-/m1/s1. The lowest BCUT2D eigenvalue weighted by molar-refractivity contribution is -0.133. The summed E-state index contributed by atoms with van der Waals surface area (Å²) in [5.41, 5.74) is 6.81. The fourth-order valence-electron chi connectivity index (χ4n) is 3.04. The van der Waals surface area contributed by atoms with Gasteiger partial charge in [-0.1, -0.05) is 32.9 Å². The van der Waals surface area contributed by atoms with E-state index in [0.29, 0.717) is 19.6 Å². The van der Waals surface area contributed by atoms with E-state index in [1.807, 2.05) is 20.8 Å². The summed E-state index contributed by atoms with van der Waals surface area (Å²) < 4.78 is 13.1. The van der Waals surface area contributed by atoms with Crippen LogP contribution in [-0.2, 0) is 9.59 Å². The first-order chi connectivity index (χ1) is 11.7. The highest BCUT2D eigenvalue weighted by atomic mass is 19.1. The fourth-order valence-corrected chi connectivity index (χ4v) is 3.04. The molecule has 1 heterocycles. The lowest BCUT2D eigenvalue weighted by Gasteiger charge is -2.37. The Kier molecular flexibility index (Phi) is 6.16. The number of carbonyl (C=O) groups is 2. The van der Waals surface area contributed by atoms with Crippen molar-refractivity contribution in [1.82, 2.24) is 10.2 Å². The monoisotopic (exact) mass is 349 g/mol. The molecule has 25 heavy (non-hydrogen) atoms. The zero-order valence-corrected chi connectivity index (χ0v) is 15.2. The Morgan fingerprint density at radius 2 is 1.92 bits per heavy atom. The molecule has 6 heteroatoms. The molecule has 1 aromatic rings. The van der Waals surface area contributed by atoms with Crippen molar-refractivity contribution < 1.29 is 14.0 Å². The molecule has 2 rings (SSSR count).